The van der Waals surface area contributed by atoms with Gasteiger partial charge in [0.25, 0.3) is 0 Å². The van der Waals surface area contributed by atoms with Crippen molar-refractivity contribution < 1.29 is 13.2 Å². The Morgan fingerprint density at radius 1 is 0.844 bits per heavy atom. The zero-order valence-corrected chi connectivity index (χ0v) is 18.9. The SMILES string of the molecule is Fc1ccc(CN2CCN(C3Cc4ccc(F)cc4Sc4cc(F)c(Cl)cc43)CC2)cc1. The Morgan fingerprint density at radius 3 is 2.31 bits per heavy atom. The summed E-state index contributed by atoms with van der Waals surface area (Å²) in [5, 5.41) is 0.112. The van der Waals surface area contributed by atoms with Crippen LogP contribution >= 0.6 is 23.4 Å². The summed E-state index contributed by atoms with van der Waals surface area (Å²) in [4.78, 5) is 6.38. The van der Waals surface area contributed by atoms with E-state index in [4.69, 9.17) is 11.6 Å². The highest BCUT2D eigenvalue weighted by atomic mass is 35.5. The van der Waals surface area contributed by atoms with Crippen molar-refractivity contribution in [3.63, 3.8) is 0 Å². The average molecular weight is 475 g/mol. The molecule has 0 aromatic heterocycles. The number of fused-ring (bicyclic) bond motifs is 2. The molecule has 5 rings (SSSR count). The molecule has 0 N–H and O–H groups in total. The molecule has 0 radical (unpaired) electrons. The van der Waals surface area contributed by atoms with Crippen molar-refractivity contribution in [1.29, 1.82) is 0 Å². The second-order valence-corrected chi connectivity index (χ2v) is 9.81. The van der Waals surface area contributed by atoms with Crippen LogP contribution in [0, 0.1) is 17.5 Å². The lowest BCUT2D eigenvalue weighted by Gasteiger charge is -2.39. The molecule has 2 nitrogen and oxygen atoms in total. The van der Waals surface area contributed by atoms with E-state index in [0.717, 1.165) is 65.6 Å². The Balaban J connectivity index is 1.38. The number of hydrogen-bond donors (Lipinski definition) is 0. The summed E-state index contributed by atoms with van der Waals surface area (Å²) >= 11 is 7.57. The Morgan fingerprint density at radius 2 is 1.56 bits per heavy atom. The summed E-state index contributed by atoms with van der Waals surface area (Å²) in [6.45, 7) is 4.23. The van der Waals surface area contributed by atoms with Crippen LogP contribution in [0.1, 0.15) is 22.7 Å². The van der Waals surface area contributed by atoms with Crippen LogP contribution in [0.5, 0.6) is 0 Å². The second-order valence-electron chi connectivity index (χ2n) is 8.32. The predicted octanol–water partition coefficient (Wildman–Crippen LogP) is 6.32. The van der Waals surface area contributed by atoms with Crippen molar-refractivity contribution in [3.8, 4) is 0 Å². The Labute approximate surface area is 195 Å². The molecule has 1 unspecified atom stereocenters. The summed E-state index contributed by atoms with van der Waals surface area (Å²) < 4.78 is 41.4. The van der Waals surface area contributed by atoms with Crippen molar-refractivity contribution in [1.82, 2.24) is 9.80 Å². The van der Waals surface area contributed by atoms with Crippen LogP contribution in [0.25, 0.3) is 0 Å². The molecule has 2 aliphatic heterocycles. The smallest absolute Gasteiger partial charge is 0.142 e. The molecular formula is C25H22ClF3N2S. The average Bonchev–Trinajstić information content (AvgIpc) is 2.92. The highest BCUT2D eigenvalue weighted by molar-refractivity contribution is 7.99. The van der Waals surface area contributed by atoms with Gasteiger partial charge in [0.1, 0.15) is 17.5 Å². The number of rotatable bonds is 3. The molecule has 0 spiro atoms. The molecule has 2 heterocycles. The van der Waals surface area contributed by atoms with Gasteiger partial charge in [-0.25, -0.2) is 13.2 Å². The van der Waals surface area contributed by atoms with Gasteiger partial charge < -0.3 is 0 Å². The van der Waals surface area contributed by atoms with Crippen molar-refractivity contribution in [3.05, 3.63) is 93.8 Å². The third-order valence-corrected chi connectivity index (χ3v) is 7.70. The first-order valence-electron chi connectivity index (χ1n) is 10.6. The fourth-order valence-corrected chi connectivity index (χ4v) is 5.87. The van der Waals surface area contributed by atoms with Crippen LogP contribution in [0.15, 0.2) is 64.4 Å². The maximum atomic E-state index is 14.3. The highest BCUT2D eigenvalue weighted by Gasteiger charge is 2.31. The Kier molecular flexibility index (Phi) is 6.21. The molecule has 1 atom stereocenters. The molecule has 32 heavy (non-hydrogen) atoms. The van der Waals surface area contributed by atoms with E-state index in [1.54, 1.807) is 6.07 Å². The summed E-state index contributed by atoms with van der Waals surface area (Å²) in [5.74, 6) is -0.973. The zero-order chi connectivity index (χ0) is 22.2. The second kappa shape index (κ2) is 9.10. The van der Waals surface area contributed by atoms with Gasteiger partial charge in [0.05, 0.1) is 5.02 Å². The third kappa shape index (κ3) is 4.55. The van der Waals surface area contributed by atoms with Crippen molar-refractivity contribution in [2.24, 2.45) is 0 Å². The first-order chi connectivity index (χ1) is 15.5. The maximum Gasteiger partial charge on any atom is 0.142 e. The monoisotopic (exact) mass is 474 g/mol. The number of benzene rings is 3. The van der Waals surface area contributed by atoms with Gasteiger partial charge in [-0.1, -0.05) is 41.6 Å². The molecule has 3 aromatic rings. The Bertz CT molecular complexity index is 1130. The zero-order valence-electron chi connectivity index (χ0n) is 17.3. The normalized spacial score (nSPS) is 19.3. The van der Waals surface area contributed by atoms with Gasteiger partial charge >= 0.3 is 0 Å². The number of hydrogen-bond acceptors (Lipinski definition) is 3. The number of piperazine rings is 1. The van der Waals surface area contributed by atoms with Gasteiger partial charge in [0, 0.05) is 48.6 Å². The molecule has 0 bridgehead atoms. The predicted molar refractivity (Wildman–Crippen MR) is 122 cm³/mol. The minimum atomic E-state index is -0.458. The fourth-order valence-electron chi connectivity index (χ4n) is 4.53. The quantitative estimate of drug-likeness (QED) is 0.438. The van der Waals surface area contributed by atoms with Crippen LogP contribution in [-0.4, -0.2) is 36.0 Å². The molecule has 166 valence electrons. The third-order valence-electron chi connectivity index (χ3n) is 6.24. The van der Waals surface area contributed by atoms with Gasteiger partial charge in [-0.05, 0) is 59.5 Å². The van der Waals surface area contributed by atoms with Crippen molar-refractivity contribution in [2.45, 2.75) is 28.8 Å². The molecule has 0 saturated carbocycles. The lowest BCUT2D eigenvalue weighted by atomic mass is 9.96. The van der Waals surface area contributed by atoms with E-state index in [-0.39, 0.29) is 22.7 Å². The van der Waals surface area contributed by atoms with E-state index >= 15 is 0 Å². The van der Waals surface area contributed by atoms with Crippen molar-refractivity contribution >= 4 is 23.4 Å². The van der Waals surface area contributed by atoms with Gasteiger partial charge in [-0.3, -0.25) is 9.80 Å². The minimum absolute atomic E-state index is 0.0373. The molecular weight excluding hydrogens is 453 g/mol. The fraction of sp³-hybridized carbons (Fsp3) is 0.280. The van der Waals surface area contributed by atoms with Gasteiger partial charge in [0.15, 0.2) is 0 Å². The summed E-state index contributed by atoms with van der Waals surface area (Å²) in [6.07, 6.45) is 0.718. The van der Waals surface area contributed by atoms with Crippen LogP contribution in [-0.2, 0) is 13.0 Å². The van der Waals surface area contributed by atoms with Crippen LogP contribution < -0.4 is 0 Å². The summed E-state index contributed by atoms with van der Waals surface area (Å²) in [7, 11) is 0. The standard InChI is InChI=1S/C25H22ClF3N2S/c26-21-13-20-23(11-17-3-6-19(28)12-24(17)32-25(20)14-22(21)29)31-9-7-30(8-10-31)15-16-1-4-18(27)5-2-16/h1-6,12-14,23H,7-11,15H2. The van der Waals surface area contributed by atoms with E-state index < -0.39 is 5.82 Å². The van der Waals surface area contributed by atoms with E-state index in [1.807, 2.05) is 18.2 Å². The lowest BCUT2D eigenvalue weighted by Crippen LogP contribution is -2.47. The topological polar surface area (TPSA) is 6.48 Å². The van der Waals surface area contributed by atoms with Crippen LogP contribution in [0.3, 0.4) is 0 Å². The number of nitrogens with zero attached hydrogens (tertiary/aromatic N) is 2. The van der Waals surface area contributed by atoms with E-state index in [9.17, 15) is 13.2 Å². The first-order valence-corrected chi connectivity index (χ1v) is 11.8. The number of halogens is 4. The summed E-state index contributed by atoms with van der Waals surface area (Å²) in [6, 6.07) is 14.7. The van der Waals surface area contributed by atoms with Gasteiger partial charge in [0.2, 0.25) is 0 Å². The molecule has 0 amide bonds. The van der Waals surface area contributed by atoms with E-state index in [1.165, 1.54) is 42.1 Å². The Hall–Kier alpha value is -1.99. The molecule has 1 fully saturated rings. The molecule has 2 aliphatic rings. The van der Waals surface area contributed by atoms with Crippen LogP contribution in [0.2, 0.25) is 5.02 Å². The molecule has 1 saturated heterocycles. The van der Waals surface area contributed by atoms with Gasteiger partial charge in [-0.2, -0.15) is 0 Å². The summed E-state index contributed by atoms with van der Waals surface area (Å²) in [5.41, 5.74) is 3.14. The van der Waals surface area contributed by atoms with Gasteiger partial charge in [-0.15, -0.1) is 0 Å². The van der Waals surface area contributed by atoms with Crippen LogP contribution in [0.4, 0.5) is 13.2 Å². The van der Waals surface area contributed by atoms with E-state index in [0.29, 0.717) is 0 Å². The highest BCUT2D eigenvalue weighted by Crippen LogP contribution is 2.44. The minimum Gasteiger partial charge on any atom is -0.297 e. The molecule has 3 aromatic carbocycles. The largest absolute Gasteiger partial charge is 0.297 e. The first kappa shape index (κ1) is 21.8. The van der Waals surface area contributed by atoms with Crippen molar-refractivity contribution in [2.75, 3.05) is 26.2 Å². The lowest BCUT2D eigenvalue weighted by molar-refractivity contribution is 0.0902. The molecule has 0 aliphatic carbocycles. The molecule has 7 heteroatoms. The van der Waals surface area contributed by atoms with E-state index in [2.05, 4.69) is 9.80 Å². The maximum absolute atomic E-state index is 14.3.